The number of thiophene rings is 1. The molecule has 0 aliphatic heterocycles. The van der Waals surface area contributed by atoms with Gasteiger partial charge in [-0.2, -0.15) is 0 Å². The Balaban J connectivity index is 1.63. The second-order valence-electron chi connectivity index (χ2n) is 5.72. The van der Waals surface area contributed by atoms with E-state index in [-0.39, 0.29) is 0 Å². The average molecular weight is 310 g/mol. The number of hydrogen-bond donors (Lipinski definition) is 2. The summed E-state index contributed by atoms with van der Waals surface area (Å²) in [5.74, 6) is 0. The van der Waals surface area contributed by atoms with Crippen molar-refractivity contribution in [1.29, 1.82) is 0 Å². The first kappa shape index (κ1) is 14.3. The molecule has 0 amide bonds. The summed E-state index contributed by atoms with van der Waals surface area (Å²) in [5, 5.41) is 15.8. The summed E-state index contributed by atoms with van der Waals surface area (Å²) < 4.78 is 1.23. The van der Waals surface area contributed by atoms with E-state index in [1.165, 1.54) is 11.1 Å². The molecule has 1 saturated carbocycles. The fourth-order valence-corrected chi connectivity index (χ4v) is 4.44. The van der Waals surface area contributed by atoms with Crippen LogP contribution in [0.5, 0.6) is 0 Å². The minimum absolute atomic E-state index is 0.512. The third-order valence-electron chi connectivity index (χ3n) is 4.13. The van der Waals surface area contributed by atoms with Crippen LogP contribution < -0.4 is 5.32 Å². The van der Waals surface area contributed by atoms with E-state index in [1.54, 1.807) is 11.3 Å². The average Bonchev–Trinajstić information content (AvgIpc) is 2.77. The molecule has 4 heteroatoms. The minimum atomic E-state index is -0.512. The van der Waals surface area contributed by atoms with E-state index in [4.69, 9.17) is 11.6 Å². The highest BCUT2D eigenvalue weighted by atomic mass is 35.5. The summed E-state index contributed by atoms with van der Waals surface area (Å²) in [6.45, 7) is 1.40. The molecule has 1 heterocycles. The largest absolute Gasteiger partial charge is 0.389 e. The summed E-state index contributed by atoms with van der Waals surface area (Å²) in [6, 6.07) is 8.22. The van der Waals surface area contributed by atoms with E-state index in [1.807, 2.05) is 12.1 Å². The van der Waals surface area contributed by atoms with Gasteiger partial charge in [0.1, 0.15) is 0 Å². The molecule has 0 spiro atoms. The second kappa shape index (κ2) is 6.02. The van der Waals surface area contributed by atoms with Crippen LogP contribution in [0.2, 0.25) is 5.02 Å². The van der Waals surface area contributed by atoms with Crippen molar-refractivity contribution in [2.75, 3.05) is 6.54 Å². The van der Waals surface area contributed by atoms with Crippen molar-refractivity contribution < 1.29 is 5.11 Å². The lowest BCUT2D eigenvalue weighted by atomic mass is 9.85. The van der Waals surface area contributed by atoms with Crippen molar-refractivity contribution in [3.8, 4) is 0 Å². The number of hydrogen-bond acceptors (Lipinski definition) is 3. The summed E-state index contributed by atoms with van der Waals surface area (Å²) in [6.07, 6.45) is 5.37. The Bertz CT molecular complexity index is 589. The minimum Gasteiger partial charge on any atom is -0.389 e. The Labute approximate surface area is 128 Å². The molecule has 1 fully saturated rings. The predicted octanol–water partition coefficient (Wildman–Crippen LogP) is 4.34. The van der Waals surface area contributed by atoms with Crippen LogP contribution in [0, 0.1) is 0 Å². The maximum Gasteiger partial charge on any atom is 0.0771 e. The van der Waals surface area contributed by atoms with Crippen LogP contribution in [0.25, 0.3) is 10.1 Å². The molecule has 2 N–H and O–H groups in total. The van der Waals surface area contributed by atoms with Gasteiger partial charge in [0.25, 0.3) is 0 Å². The Hall–Kier alpha value is -0.610. The molecule has 3 rings (SSSR count). The lowest BCUT2D eigenvalue weighted by Crippen LogP contribution is -2.41. The smallest absolute Gasteiger partial charge is 0.0771 e. The zero-order chi connectivity index (χ0) is 14.0. The number of halogens is 1. The van der Waals surface area contributed by atoms with Gasteiger partial charge < -0.3 is 10.4 Å². The third-order valence-corrected chi connectivity index (χ3v) is 5.84. The van der Waals surface area contributed by atoms with Crippen LogP contribution in [0.3, 0.4) is 0 Å². The van der Waals surface area contributed by atoms with Crippen LogP contribution in [0.4, 0.5) is 0 Å². The second-order valence-corrected chi connectivity index (χ2v) is 7.24. The molecule has 2 nitrogen and oxygen atoms in total. The van der Waals surface area contributed by atoms with Crippen molar-refractivity contribution in [2.24, 2.45) is 0 Å². The normalized spacial score (nSPS) is 18.5. The lowest BCUT2D eigenvalue weighted by Gasteiger charge is -2.32. The van der Waals surface area contributed by atoms with Crippen molar-refractivity contribution in [3.63, 3.8) is 0 Å². The Kier molecular flexibility index (Phi) is 4.32. The fourth-order valence-electron chi connectivity index (χ4n) is 2.97. The number of benzene rings is 1. The lowest BCUT2D eigenvalue weighted by molar-refractivity contribution is 0.00473. The SMILES string of the molecule is OC1(CNCc2sc3ccccc3c2Cl)CCCCC1. The molecule has 2 aromatic rings. The van der Waals surface area contributed by atoms with Gasteiger partial charge in [0.05, 0.1) is 10.6 Å². The quantitative estimate of drug-likeness (QED) is 0.880. The van der Waals surface area contributed by atoms with Crippen molar-refractivity contribution in [3.05, 3.63) is 34.2 Å². The van der Waals surface area contributed by atoms with Crippen LogP contribution in [-0.2, 0) is 6.54 Å². The monoisotopic (exact) mass is 309 g/mol. The number of nitrogens with one attached hydrogen (secondary N) is 1. The van der Waals surface area contributed by atoms with Crippen molar-refractivity contribution >= 4 is 33.0 Å². The Morgan fingerprint density at radius 2 is 1.95 bits per heavy atom. The highest BCUT2D eigenvalue weighted by molar-refractivity contribution is 7.19. The predicted molar refractivity (Wildman–Crippen MR) is 86.6 cm³/mol. The zero-order valence-electron chi connectivity index (χ0n) is 11.5. The number of rotatable bonds is 4. The van der Waals surface area contributed by atoms with Crippen LogP contribution >= 0.6 is 22.9 Å². The molecule has 0 radical (unpaired) electrons. The van der Waals surface area contributed by atoms with Crippen LogP contribution in [-0.4, -0.2) is 17.3 Å². The van der Waals surface area contributed by atoms with E-state index in [0.717, 1.165) is 47.5 Å². The molecule has 0 bridgehead atoms. The summed E-state index contributed by atoms with van der Waals surface area (Å²) in [4.78, 5) is 1.16. The summed E-state index contributed by atoms with van der Waals surface area (Å²) >= 11 is 8.15. The Morgan fingerprint density at radius 3 is 2.70 bits per heavy atom. The van der Waals surface area contributed by atoms with Gasteiger partial charge in [-0.3, -0.25) is 0 Å². The maximum atomic E-state index is 10.5. The van der Waals surface area contributed by atoms with Gasteiger partial charge in [-0.15, -0.1) is 11.3 Å². The molecule has 1 aromatic heterocycles. The zero-order valence-corrected chi connectivity index (χ0v) is 13.1. The first-order valence-electron chi connectivity index (χ1n) is 7.27. The molecule has 20 heavy (non-hydrogen) atoms. The summed E-state index contributed by atoms with van der Waals surface area (Å²) in [5.41, 5.74) is -0.512. The first-order chi connectivity index (χ1) is 9.68. The van der Waals surface area contributed by atoms with Gasteiger partial charge in [-0.1, -0.05) is 49.1 Å². The molecule has 108 valence electrons. The van der Waals surface area contributed by atoms with Gasteiger partial charge in [-0.05, 0) is 18.9 Å². The van der Waals surface area contributed by atoms with E-state index in [9.17, 15) is 5.11 Å². The maximum absolute atomic E-state index is 10.5. The fraction of sp³-hybridized carbons (Fsp3) is 0.500. The third kappa shape index (κ3) is 3.01. The topological polar surface area (TPSA) is 32.3 Å². The Morgan fingerprint density at radius 1 is 1.20 bits per heavy atom. The van der Waals surface area contributed by atoms with E-state index in [2.05, 4.69) is 17.4 Å². The van der Waals surface area contributed by atoms with Crippen molar-refractivity contribution in [1.82, 2.24) is 5.32 Å². The van der Waals surface area contributed by atoms with E-state index >= 15 is 0 Å². The van der Waals surface area contributed by atoms with Gasteiger partial charge in [0.2, 0.25) is 0 Å². The summed E-state index contributed by atoms with van der Waals surface area (Å²) in [7, 11) is 0. The number of aliphatic hydroxyl groups is 1. The molecule has 0 unspecified atom stereocenters. The number of fused-ring (bicyclic) bond motifs is 1. The molecule has 0 atom stereocenters. The van der Waals surface area contributed by atoms with E-state index < -0.39 is 5.60 Å². The molecule has 1 aliphatic carbocycles. The molecule has 0 saturated heterocycles. The molecule has 1 aromatic carbocycles. The molecular formula is C16H20ClNOS. The highest BCUT2D eigenvalue weighted by Gasteiger charge is 2.28. The molecule has 1 aliphatic rings. The van der Waals surface area contributed by atoms with Gasteiger partial charge in [0.15, 0.2) is 0 Å². The van der Waals surface area contributed by atoms with Gasteiger partial charge in [0, 0.05) is 28.1 Å². The standard InChI is InChI=1S/C16H20ClNOS/c17-15-12-6-2-3-7-13(12)20-14(15)10-18-11-16(19)8-4-1-5-9-16/h2-3,6-7,18-19H,1,4-5,8-11H2. The van der Waals surface area contributed by atoms with Gasteiger partial charge >= 0.3 is 0 Å². The van der Waals surface area contributed by atoms with Crippen LogP contribution in [0.1, 0.15) is 37.0 Å². The van der Waals surface area contributed by atoms with Gasteiger partial charge in [-0.25, -0.2) is 0 Å². The molecular weight excluding hydrogens is 290 g/mol. The first-order valence-corrected chi connectivity index (χ1v) is 8.46. The van der Waals surface area contributed by atoms with Crippen LogP contribution in [0.15, 0.2) is 24.3 Å². The van der Waals surface area contributed by atoms with E-state index in [0.29, 0.717) is 6.54 Å². The highest BCUT2D eigenvalue weighted by Crippen LogP contribution is 2.35. The van der Waals surface area contributed by atoms with Crippen molar-refractivity contribution in [2.45, 2.75) is 44.2 Å².